The number of aromatic amines is 1. The summed E-state index contributed by atoms with van der Waals surface area (Å²) in [5.74, 6) is 1.04. The van der Waals surface area contributed by atoms with Crippen LogP contribution in [0.2, 0.25) is 0 Å². The van der Waals surface area contributed by atoms with E-state index in [0.717, 1.165) is 19.5 Å². The van der Waals surface area contributed by atoms with Crippen LogP contribution in [0.5, 0.6) is 5.88 Å². The van der Waals surface area contributed by atoms with Gasteiger partial charge in [0, 0.05) is 0 Å². The maximum Gasteiger partial charge on any atom is 0.268 e. The molecule has 6 heteroatoms. The zero-order chi connectivity index (χ0) is 12.1. The third-order valence-corrected chi connectivity index (χ3v) is 3.63. The van der Waals surface area contributed by atoms with Crippen LogP contribution in [0.1, 0.15) is 19.3 Å². The van der Waals surface area contributed by atoms with Gasteiger partial charge < -0.3 is 15.0 Å². The van der Waals surface area contributed by atoms with E-state index in [0.29, 0.717) is 22.9 Å². The van der Waals surface area contributed by atoms with E-state index >= 15 is 0 Å². The lowest BCUT2D eigenvalue weighted by Gasteiger charge is -2.22. The van der Waals surface area contributed by atoms with Gasteiger partial charge in [-0.15, -0.1) is 0 Å². The molecule has 1 aromatic rings. The van der Waals surface area contributed by atoms with Crippen LogP contribution in [0.4, 0.5) is 0 Å². The molecular weight excluding hydrogens is 286 g/mol. The summed E-state index contributed by atoms with van der Waals surface area (Å²) in [5.41, 5.74) is -0.214. The Labute approximate surface area is 108 Å². The zero-order valence-electron chi connectivity index (χ0n) is 9.54. The number of rotatable bonds is 4. The van der Waals surface area contributed by atoms with E-state index in [1.165, 1.54) is 19.2 Å². The van der Waals surface area contributed by atoms with Crippen molar-refractivity contribution in [2.75, 3.05) is 19.7 Å². The fourth-order valence-electron chi connectivity index (χ4n) is 1.96. The quantitative estimate of drug-likeness (QED) is 0.880. The van der Waals surface area contributed by atoms with Gasteiger partial charge in [0.25, 0.3) is 5.56 Å². The van der Waals surface area contributed by atoms with Crippen LogP contribution < -0.4 is 15.6 Å². The van der Waals surface area contributed by atoms with Crippen LogP contribution >= 0.6 is 15.9 Å². The Bertz CT molecular complexity index is 415. The van der Waals surface area contributed by atoms with Crippen LogP contribution in [0, 0.1) is 5.92 Å². The lowest BCUT2D eigenvalue weighted by atomic mass is 9.97. The van der Waals surface area contributed by atoms with E-state index in [4.69, 9.17) is 4.74 Å². The summed E-state index contributed by atoms with van der Waals surface area (Å²) in [6.45, 7) is 2.78. The van der Waals surface area contributed by atoms with Gasteiger partial charge in [0.1, 0.15) is 4.47 Å². The molecule has 1 aliphatic rings. The minimum Gasteiger partial charge on any atom is -0.477 e. The number of nitrogens with one attached hydrogen (secondary N) is 2. The number of halogens is 1. The topological polar surface area (TPSA) is 67.0 Å². The van der Waals surface area contributed by atoms with Crippen LogP contribution in [-0.4, -0.2) is 29.7 Å². The van der Waals surface area contributed by atoms with Crippen molar-refractivity contribution >= 4 is 15.9 Å². The molecule has 0 amide bonds. The first-order valence-corrected chi connectivity index (χ1v) is 6.63. The second kappa shape index (κ2) is 6.16. The molecule has 1 atom stereocenters. The molecule has 0 aromatic carbocycles. The molecule has 1 fully saturated rings. The minimum atomic E-state index is -0.214. The van der Waals surface area contributed by atoms with Gasteiger partial charge >= 0.3 is 0 Å². The Morgan fingerprint density at radius 3 is 3.24 bits per heavy atom. The fourth-order valence-corrected chi connectivity index (χ4v) is 2.29. The molecule has 1 aromatic heterocycles. The normalized spacial score (nSPS) is 20.2. The summed E-state index contributed by atoms with van der Waals surface area (Å²) in [6.07, 6.45) is 4.83. The van der Waals surface area contributed by atoms with Gasteiger partial charge in [-0.3, -0.25) is 4.79 Å². The molecule has 2 heterocycles. The first-order valence-electron chi connectivity index (χ1n) is 5.84. The SMILES string of the molecule is O=c1[nH]cnc(OCCC2CCCNC2)c1Br. The van der Waals surface area contributed by atoms with Crippen molar-refractivity contribution in [1.82, 2.24) is 15.3 Å². The largest absolute Gasteiger partial charge is 0.477 e. The summed E-state index contributed by atoms with van der Waals surface area (Å²) in [6, 6.07) is 0. The first kappa shape index (κ1) is 12.6. The summed E-state index contributed by atoms with van der Waals surface area (Å²) >= 11 is 3.16. The predicted molar refractivity (Wildman–Crippen MR) is 68.3 cm³/mol. The molecule has 0 saturated carbocycles. The molecule has 1 unspecified atom stereocenters. The molecule has 0 aliphatic carbocycles. The number of H-pyrrole nitrogens is 1. The van der Waals surface area contributed by atoms with Crippen LogP contribution in [0.15, 0.2) is 15.6 Å². The predicted octanol–water partition coefficient (Wildman–Crippen LogP) is 1.30. The van der Waals surface area contributed by atoms with Gasteiger partial charge in [-0.05, 0) is 54.2 Å². The maximum atomic E-state index is 11.3. The van der Waals surface area contributed by atoms with Gasteiger partial charge in [0.05, 0.1) is 12.9 Å². The third kappa shape index (κ3) is 3.54. The Kier molecular flexibility index (Phi) is 4.56. The molecule has 17 heavy (non-hydrogen) atoms. The second-order valence-corrected chi connectivity index (χ2v) is 4.99. The molecular formula is C11H16BrN3O2. The zero-order valence-corrected chi connectivity index (χ0v) is 11.1. The van der Waals surface area contributed by atoms with E-state index < -0.39 is 0 Å². The van der Waals surface area contributed by atoms with E-state index in [-0.39, 0.29) is 5.56 Å². The Morgan fingerprint density at radius 1 is 1.59 bits per heavy atom. The number of piperidine rings is 1. The molecule has 0 radical (unpaired) electrons. The number of nitrogens with zero attached hydrogens (tertiary/aromatic N) is 1. The molecule has 94 valence electrons. The van der Waals surface area contributed by atoms with Crippen LogP contribution in [-0.2, 0) is 0 Å². The van der Waals surface area contributed by atoms with Gasteiger partial charge in [-0.2, -0.15) is 0 Å². The first-order chi connectivity index (χ1) is 8.27. The van der Waals surface area contributed by atoms with Gasteiger partial charge in [-0.25, -0.2) is 4.98 Å². The lowest BCUT2D eigenvalue weighted by Crippen LogP contribution is -2.30. The standard InChI is InChI=1S/C11H16BrN3O2/c12-9-10(16)14-7-15-11(9)17-5-3-8-2-1-4-13-6-8/h7-8,13H,1-6H2,(H,14,15,16). The van der Waals surface area contributed by atoms with Crippen molar-refractivity contribution in [3.8, 4) is 5.88 Å². The van der Waals surface area contributed by atoms with Gasteiger partial charge in [0.15, 0.2) is 0 Å². The highest BCUT2D eigenvalue weighted by molar-refractivity contribution is 9.10. The monoisotopic (exact) mass is 301 g/mol. The van der Waals surface area contributed by atoms with E-state index in [1.54, 1.807) is 0 Å². The second-order valence-electron chi connectivity index (χ2n) is 4.20. The molecule has 2 N–H and O–H groups in total. The van der Waals surface area contributed by atoms with Crippen molar-refractivity contribution in [3.05, 3.63) is 21.2 Å². The lowest BCUT2D eigenvalue weighted by molar-refractivity contribution is 0.245. The van der Waals surface area contributed by atoms with Gasteiger partial charge in [0.2, 0.25) is 5.88 Å². The Morgan fingerprint density at radius 2 is 2.47 bits per heavy atom. The summed E-state index contributed by atoms with van der Waals surface area (Å²) in [5, 5.41) is 3.37. The Hall–Kier alpha value is -0.880. The van der Waals surface area contributed by atoms with Crippen molar-refractivity contribution in [3.63, 3.8) is 0 Å². The fraction of sp³-hybridized carbons (Fsp3) is 0.636. The highest BCUT2D eigenvalue weighted by Crippen LogP contribution is 2.18. The van der Waals surface area contributed by atoms with Crippen molar-refractivity contribution in [1.29, 1.82) is 0 Å². The van der Waals surface area contributed by atoms with Gasteiger partial charge in [-0.1, -0.05) is 0 Å². The molecule has 5 nitrogen and oxygen atoms in total. The Balaban J connectivity index is 1.81. The average molecular weight is 302 g/mol. The third-order valence-electron chi connectivity index (χ3n) is 2.93. The summed E-state index contributed by atoms with van der Waals surface area (Å²) < 4.78 is 5.88. The molecule has 1 saturated heterocycles. The highest BCUT2D eigenvalue weighted by atomic mass is 79.9. The molecule has 1 aliphatic heterocycles. The highest BCUT2D eigenvalue weighted by Gasteiger charge is 2.13. The summed E-state index contributed by atoms with van der Waals surface area (Å²) in [4.78, 5) is 17.7. The smallest absolute Gasteiger partial charge is 0.268 e. The number of hydrogen-bond donors (Lipinski definition) is 2. The number of hydrogen-bond acceptors (Lipinski definition) is 4. The number of ether oxygens (including phenoxy) is 1. The van der Waals surface area contributed by atoms with Crippen molar-refractivity contribution in [2.24, 2.45) is 5.92 Å². The van der Waals surface area contributed by atoms with Crippen molar-refractivity contribution in [2.45, 2.75) is 19.3 Å². The maximum absolute atomic E-state index is 11.3. The van der Waals surface area contributed by atoms with Crippen LogP contribution in [0.25, 0.3) is 0 Å². The molecule has 2 rings (SSSR count). The van der Waals surface area contributed by atoms with E-state index in [1.807, 2.05) is 0 Å². The summed E-state index contributed by atoms with van der Waals surface area (Å²) in [7, 11) is 0. The number of aromatic nitrogens is 2. The van der Waals surface area contributed by atoms with E-state index in [9.17, 15) is 4.79 Å². The van der Waals surface area contributed by atoms with Crippen molar-refractivity contribution < 1.29 is 4.74 Å². The van der Waals surface area contributed by atoms with E-state index in [2.05, 4.69) is 31.2 Å². The molecule has 0 spiro atoms. The molecule has 0 bridgehead atoms. The minimum absolute atomic E-state index is 0.214. The average Bonchev–Trinajstić information content (AvgIpc) is 2.36. The van der Waals surface area contributed by atoms with Crippen LogP contribution in [0.3, 0.4) is 0 Å².